The zero-order valence-electron chi connectivity index (χ0n) is 16.8. The van der Waals surface area contributed by atoms with Crippen molar-refractivity contribution < 1.29 is 14.2 Å². The van der Waals surface area contributed by atoms with Crippen LogP contribution in [-0.2, 0) is 6.54 Å². The minimum absolute atomic E-state index is 0. The van der Waals surface area contributed by atoms with Crippen molar-refractivity contribution in [2.24, 2.45) is 10.9 Å². The maximum absolute atomic E-state index is 14.3. The predicted molar refractivity (Wildman–Crippen MR) is 125 cm³/mol. The average Bonchev–Trinajstić information content (AvgIpc) is 3.51. The van der Waals surface area contributed by atoms with Gasteiger partial charge in [0.2, 0.25) is 0 Å². The zero-order valence-corrected chi connectivity index (χ0v) is 19.2. The second kappa shape index (κ2) is 11.2. The van der Waals surface area contributed by atoms with E-state index in [-0.39, 0.29) is 41.6 Å². The molecule has 0 amide bonds. The highest BCUT2D eigenvalue weighted by Crippen LogP contribution is 2.30. The van der Waals surface area contributed by atoms with E-state index in [4.69, 9.17) is 4.74 Å². The molecule has 0 radical (unpaired) electrons. The van der Waals surface area contributed by atoms with Crippen LogP contribution >= 0.6 is 24.0 Å². The molecule has 0 saturated heterocycles. The highest BCUT2D eigenvalue weighted by Gasteiger charge is 2.22. The maximum atomic E-state index is 14.3. The number of nitrogens with zero attached hydrogens (tertiary/aromatic N) is 1. The molecule has 7 heteroatoms. The van der Waals surface area contributed by atoms with Crippen molar-refractivity contribution in [3.63, 3.8) is 0 Å². The Morgan fingerprint density at radius 2 is 1.97 bits per heavy atom. The minimum atomic E-state index is -0.335. The lowest BCUT2D eigenvalue weighted by Crippen LogP contribution is -2.38. The Hall–Kier alpha value is -2.03. The molecule has 3 rings (SSSR count). The topological polar surface area (TPSA) is 65.9 Å². The van der Waals surface area contributed by atoms with E-state index in [1.54, 1.807) is 18.2 Å². The fraction of sp³-hybridized carbons (Fsp3) is 0.409. The van der Waals surface area contributed by atoms with Gasteiger partial charge in [0.25, 0.3) is 0 Å². The Labute approximate surface area is 188 Å². The summed E-state index contributed by atoms with van der Waals surface area (Å²) >= 11 is 0. The molecule has 2 aromatic rings. The summed E-state index contributed by atoms with van der Waals surface area (Å²) in [6.07, 6.45) is 2.36. The van der Waals surface area contributed by atoms with Crippen LogP contribution in [0.15, 0.2) is 47.5 Å². The Morgan fingerprint density at radius 1 is 1.24 bits per heavy atom. The molecule has 1 fully saturated rings. The van der Waals surface area contributed by atoms with E-state index in [0.717, 1.165) is 17.7 Å². The van der Waals surface area contributed by atoms with Gasteiger partial charge in [-0.15, -0.1) is 24.0 Å². The van der Waals surface area contributed by atoms with E-state index in [2.05, 4.69) is 15.6 Å². The summed E-state index contributed by atoms with van der Waals surface area (Å²) in [6.45, 7) is 5.75. The van der Waals surface area contributed by atoms with Crippen LogP contribution in [0.3, 0.4) is 0 Å². The van der Waals surface area contributed by atoms with Gasteiger partial charge in [0.1, 0.15) is 5.75 Å². The normalized spacial score (nSPS) is 14.7. The fourth-order valence-electron chi connectivity index (χ4n) is 2.78. The Kier molecular flexibility index (Phi) is 9.00. The van der Waals surface area contributed by atoms with Crippen LogP contribution in [0.4, 0.5) is 4.39 Å². The molecule has 29 heavy (non-hydrogen) atoms. The lowest BCUT2D eigenvalue weighted by atomic mass is 10.1. The van der Waals surface area contributed by atoms with Gasteiger partial charge in [-0.3, -0.25) is 0 Å². The van der Waals surface area contributed by atoms with Gasteiger partial charge in [-0.05, 0) is 68.0 Å². The van der Waals surface area contributed by atoms with Crippen LogP contribution in [0.25, 0.3) is 0 Å². The van der Waals surface area contributed by atoms with E-state index in [0.29, 0.717) is 30.8 Å². The number of phenolic OH excluding ortho intramolecular Hbond substituents is 1. The second-order valence-corrected chi connectivity index (χ2v) is 7.17. The zero-order chi connectivity index (χ0) is 19.9. The minimum Gasteiger partial charge on any atom is -0.508 e. The van der Waals surface area contributed by atoms with Crippen LogP contribution < -0.4 is 15.4 Å². The van der Waals surface area contributed by atoms with E-state index in [1.165, 1.54) is 18.9 Å². The average molecular weight is 513 g/mol. The van der Waals surface area contributed by atoms with Crippen LogP contribution in [0, 0.1) is 11.7 Å². The highest BCUT2D eigenvalue weighted by atomic mass is 127. The molecule has 0 aliphatic heterocycles. The SMILES string of the molecule is CCNC(=NCc1ccc(O)cc1)NC(C)c1ccc(OCC2CC2)c(F)c1.I. The molecular weight excluding hydrogens is 484 g/mol. The van der Waals surface area contributed by atoms with Crippen molar-refractivity contribution in [3.8, 4) is 11.5 Å². The molecule has 0 bridgehead atoms. The quantitative estimate of drug-likeness (QED) is 0.271. The van der Waals surface area contributed by atoms with Crippen molar-refractivity contribution in [3.05, 3.63) is 59.4 Å². The predicted octanol–water partition coefficient (Wildman–Crippen LogP) is 4.75. The Balaban J connectivity index is 0.00000300. The van der Waals surface area contributed by atoms with Crippen molar-refractivity contribution >= 4 is 29.9 Å². The number of nitrogens with one attached hydrogen (secondary N) is 2. The summed E-state index contributed by atoms with van der Waals surface area (Å²) in [5.74, 6) is 1.45. The second-order valence-electron chi connectivity index (χ2n) is 7.17. The first-order valence-corrected chi connectivity index (χ1v) is 9.80. The number of halogens is 2. The summed E-state index contributed by atoms with van der Waals surface area (Å²) in [7, 11) is 0. The van der Waals surface area contributed by atoms with Gasteiger partial charge in [-0.1, -0.05) is 18.2 Å². The molecule has 1 unspecified atom stereocenters. The van der Waals surface area contributed by atoms with E-state index in [9.17, 15) is 9.50 Å². The van der Waals surface area contributed by atoms with Gasteiger partial charge in [0.15, 0.2) is 17.5 Å². The third-order valence-corrected chi connectivity index (χ3v) is 4.68. The number of hydrogen-bond donors (Lipinski definition) is 3. The van der Waals surface area contributed by atoms with Crippen LogP contribution in [0.5, 0.6) is 11.5 Å². The molecule has 1 aliphatic carbocycles. The maximum Gasteiger partial charge on any atom is 0.192 e. The van der Waals surface area contributed by atoms with E-state index in [1.807, 2.05) is 32.0 Å². The summed E-state index contributed by atoms with van der Waals surface area (Å²) in [4.78, 5) is 4.57. The standard InChI is InChI=1S/C22H28FN3O2.HI/c1-3-24-22(25-13-16-6-9-19(27)10-7-16)26-15(2)18-8-11-21(20(23)12-18)28-14-17-4-5-17;/h6-12,15,17,27H,3-5,13-14H2,1-2H3,(H2,24,25,26);1H. The lowest BCUT2D eigenvalue weighted by molar-refractivity contribution is 0.285. The van der Waals surface area contributed by atoms with Gasteiger partial charge in [-0.2, -0.15) is 0 Å². The molecule has 1 saturated carbocycles. The van der Waals surface area contributed by atoms with Gasteiger partial charge >= 0.3 is 0 Å². The third kappa shape index (κ3) is 7.38. The number of hydrogen-bond acceptors (Lipinski definition) is 3. The molecule has 0 spiro atoms. The molecule has 3 N–H and O–H groups in total. The molecule has 158 valence electrons. The van der Waals surface area contributed by atoms with E-state index < -0.39 is 0 Å². The molecule has 1 aliphatic rings. The van der Waals surface area contributed by atoms with E-state index >= 15 is 0 Å². The van der Waals surface area contributed by atoms with Crippen molar-refractivity contribution in [1.82, 2.24) is 10.6 Å². The number of rotatable bonds is 8. The number of benzene rings is 2. The molecule has 0 heterocycles. The fourth-order valence-corrected chi connectivity index (χ4v) is 2.78. The van der Waals surface area contributed by atoms with Crippen molar-refractivity contribution in [1.29, 1.82) is 0 Å². The van der Waals surface area contributed by atoms with Crippen LogP contribution in [0.2, 0.25) is 0 Å². The number of phenols is 1. The summed E-state index contributed by atoms with van der Waals surface area (Å²) in [5, 5.41) is 15.9. The lowest BCUT2D eigenvalue weighted by Gasteiger charge is -2.19. The first-order valence-electron chi connectivity index (χ1n) is 9.80. The summed E-state index contributed by atoms with van der Waals surface area (Å²) in [6, 6.07) is 11.9. The van der Waals surface area contributed by atoms with Crippen LogP contribution in [0.1, 0.15) is 43.9 Å². The first kappa shape index (κ1) is 23.3. The smallest absolute Gasteiger partial charge is 0.192 e. The monoisotopic (exact) mass is 513 g/mol. The van der Waals surface area contributed by atoms with Crippen molar-refractivity contribution in [2.75, 3.05) is 13.2 Å². The third-order valence-electron chi connectivity index (χ3n) is 4.68. The number of ether oxygens (including phenoxy) is 1. The Bertz CT molecular complexity index is 810. The first-order chi connectivity index (χ1) is 13.5. The van der Waals surface area contributed by atoms with Gasteiger partial charge in [0.05, 0.1) is 19.2 Å². The van der Waals surface area contributed by atoms with Gasteiger partial charge in [-0.25, -0.2) is 9.38 Å². The summed E-state index contributed by atoms with van der Waals surface area (Å²) < 4.78 is 19.9. The molecule has 5 nitrogen and oxygen atoms in total. The highest BCUT2D eigenvalue weighted by molar-refractivity contribution is 14.0. The molecule has 2 aromatic carbocycles. The number of guanidine groups is 1. The molecule has 0 aromatic heterocycles. The molecular formula is C22H29FIN3O2. The van der Waals surface area contributed by atoms with Gasteiger partial charge in [0, 0.05) is 6.54 Å². The largest absolute Gasteiger partial charge is 0.508 e. The Morgan fingerprint density at radius 3 is 2.59 bits per heavy atom. The van der Waals surface area contributed by atoms with Crippen molar-refractivity contribution in [2.45, 2.75) is 39.3 Å². The van der Waals surface area contributed by atoms with Gasteiger partial charge < -0.3 is 20.5 Å². The van der Waals surface area contributed by atoms with Crippen LogP contribution in [-0.4, -0.2) is 24.2 Å². The number of aromatic hydroxyl groups is 1. The summed E-state index contributed by atoms with van der Waals surface area (Å²) in [5.41, 5.74) is 1.82. The molecule has 1 atom stereocenters. The number of aliphatic imine (C=N–C) groups is 1.